The van der Waals surface area contributed by atoms with E-state index in [0.29, 0.717) is 0 Å². The van der Waals surface area contributed by atoms with Gasteiger partial charge < -0.3 is 5.32 Å². The zero-order chi connectivity index (χ0) is 9.80. The molecular formula is C12H22N2. The van der Waals surface area contributed by atoms with Crippen LogP contribution < -0.4 is 5.32 Å². The van der Waals surface area contributed by atoms with Crippen molar-refractivity contribution < 1.29 is 0 Å². The summed E-state index contributed by atoms with van der Waals surface area (Å²) in [6.07, 6.45) is 7.61. The summed E-state index contributed by atoms with van der Waals surface area (Å²) in [6, 6.07) is 0.866. The second-order valence-electron chi connectivity index (χ2n) is 4.74. The van der Waals surface area contributed by atoms with Crippen molar-refractivity contribution in [2.75, 3.05) is 26.2 Å². The summed E-state index contributed by atoms with van der Waals surface area (Å²) in [7, 11) is 0. The summed E-state index contributed by atoms with van der Waals surface area (Å²) in [5.41, 5.74) is 0. The van der Waals surface area contributed by atoms with Gasteiger partial charge in [-0.05, 0) is 44.7 Å². The third-order valence-corrected chi connectivity index (χ3v) is 3.26. The predicted octanol–water partition coefficient (Wildman–Crippen LogP) is 1.64. The molecule has 1 aliphatic carbocycles. The van der Waals surface area contributed by atoms with Crippen molar-refractivity contribution in [1.82, 2.24) is 10.2 Å². The highest BCUT2D eigenvalue weighted by Gasteiger charge is 2.24. The molecule has 1 aliphatic heterocycles. The second-order valence-corrected chi connectivity index (χ2v) is 4.74. The van der Waals surface area contributed by atoms with Crippen molar-refractivity contribution in [1.29, 1.82) is 0 Å². The van der Waals surface area contributed by atoms with Gasteiger partial charge in [0.25, 0.3) is 0 Å². The van der Waals surface area contributed by atoms with Gasteiger partial charge in [-0.15, -0.1) is 6.58 Å². The van der Waals surface area contributed by atoms with Crippen molar-refractivity contribution in [2.24, 2.45) is 5.92 Å². The molecule has 0 aromatic rings. The smallest absolute Gasteiger partial charge is 0.0160 e. The lowest BCUT2D eigenvalue weighted by atomic mass is 9.98. The first-order valence-corrected chi connectivity index (χ1v) is 5.95. The predicted molar refractivity (Wildman–Crippen MR) is 60.4 cm³/mol. The van der Waals surface area contributed by atoms with Crippen molar-refractivity contribution in [2.45, 2.75) is 31.7 Å². The molecule has 14 heavy (non-hydrogen) atoms. The number of nitrogens with one attached hydrogen (secondary N) is 1. The molecule has 1 saturated carbocycles. The number of nitrogens with zero attached hydrogens (tertiary/aromatic N) is 1. The average molecular weight is 194 g/mol. The molecule has 0 amide bonds. The van der Waals surface area contributed by atoms with Gasteiger partial charge in [0.15, 0.2) is 0 Å². The monoisotopic (exact) mass is 194 g/mol. The lowest BCUT2D eigenvalue weighted by molar-refractivity contribution is 0.188. The van der Waals surface area contributed by atoms with Crippen LogP contribution in [0.3, 0.4) is 0 Å². The van der Waals surface area contributed by atoms with Crippen molar-refractivity contribution in [3.05, 3.63) is 12.7 Å². The Labute approximate surface area is 87.4 Å². The van der Waals surface area contributed by atoms with E-state index in [1.807, 2.05) is 6.08 Å². The minimum Gasteiger partial charge on any atom is -0.314 e. The maximum absolute atomic E-state index is 3.81. The van der Waals surface area contributed by atoms with Gasteiger partial charge >= 0.3 is 0 Å². The summed E-state index contributed by atoms with van der Waals surface area (Å²) >= 11 is 0. The maximum atomic E-state index is 3.81. The SMILES string of the molecule is C=CCN1CCCC(CNC2CC2)C1. The molecule has 0 radical (unpaired) electrons. The van der Waals surface area contributed by atoms with Crippen LogP contribution in [0, 0.1) is 5.92 Å². The number of hydrogen-bond acceptors (Lipinski definition) is 2. The Morgan fingerprint density at radius 2 is 2.21 bits per heavy atom. The summed E-state index contributed by atoms with van der Waals surface area (Å²) in [5.74, 6) is 0.879. The zero-order valence-corrected chi connectivity index (χ0v) is 9.04. The molecule has 0 spiro atoms. The standard InChI is InChI=1S/C12H22N2/c1-2-7-14-8-3-4-11(10-14)9-13-12-5-6-12/h2,11-13H,1,3-10H2. The Balaban J connectivity index is 1.66. The molecule has 2 rings (SSSR count). The molecule has 1 heterocycles. The molecular weight excluding hydrogens is 172 g/mol. The minimum atomic E-state index is 0.866. The van der Waals surface area contributed by atoms with E-state index in [2.05, 4.69) is 16.8 Å². The number of hydrogen-bond donors (Lipinski definition) is 1. The third kappa shape index (κ3) is 3.10. The van der Waals surface area contributed by atoms with Crippen molar-refractivity contribution >= 4 is 0 Å². The van der Waals surface area contributed by atoms with E-state index in [-0.39, 0.29) is 0 Å². The Hall–Kier alpha value is -0.340. The molecule has 2 nitrogen and oxygen atoms in total. The quantitative estimate of drug-likeness (QED) is 0.669. The summed E-state index contributed by atoms with van der Waals surface area (Å²) in [5, 5.41) is 3.64. The van der Waals surface area contributed by atoms with Crippen LogP contribution in [0.5, 0.6) is 0 Å². The summed E-state index contributed by atoms with van der Waals surface area (Å²) in [4.78, 5) is 2.52. The fourth-order valence-corrected chi connectivity index (χ4v) is 2.29. The van der Waals surface area contributed by atoms with E-state index in [0.717, 1.165) is 18.5 Å². The van der Waals surface area contributed by atoms with Crippen LogP contribution in [0.1, 0.15) is 25.7 Å². The molecule has 0 bridgehead atoms. The highest BCUT2D eigenvalue weighted by Crippen LogP contribution is 2.21. The molecule has 0 aromatic carbocycles. The molecule has 0 aromatic heterocycles. The van der Waals surface area contributed by atoms with E-state index in [1.54, 1.807) is 0 Å². The Morgan fingerprint density at radius 1 is 1.36 bits per heavy atom. The van der Waals surface area contributed by atoms with E-state index in [9.17, 15) is 0 Å². The van der Waals surface area contributed by atoms with Gasteiger partial charge in [-0.25, -0.2) is 0 Å². The lowest BCUT2D eigenvalue weighted by Gasteiger charge is -2.32. The third-order valence-electron chi connectivity index (χ3n) is 3.26. The fraction of sp³-hybridized carbons (Fsp3) is 0.833. The van der Waals surface area contributed by atoms with Gasteiger partial charge in [0.2, 0.25) is 0 Å². The number of likely N-dealkylation sites (tertiary alicyclic amines) is 1. The Morgan fingerprint density at radius 3 is 2.93 bits per heavy atom. The Bertz CT molecular complexity index is 187. The van der Waals surface area contributed by atoms with Gasteiger partial charge in [0.05, 0.1) is 0 Å². The molecule has 1 unspecified atom stereocenters. The average Bonchev–Trinajstić information content (AvgIpc) is 2.99. The molecule has 1 atom stereocenters. The van der Waals surface area contributed by atoms with Crippen LogP contribution in [-0.4, -0.2) is 37.1 Å². The van der Waals surface area contributed by atoms with Crippen LogP contribution in [-0.2, 0) is 0 Å². The maximum Gasteiger partial charge on any atom is 0.0160 e. The Kier molecular flexibility index (Phi) is 3.60. The lowest BCUT2D eigenvalue weighted by Crippen LogP contribution is -2.40. The van der Waals surface area contributed by atoms with Gasteiger partial charge in [0.1, 0.15) is 0 Å². The van der Waals surface area contributed by atoms with Gasteiger partial charge in [0, 0.05) is 19.1 Å². The highest BCUT2D eigenvalue weighted by atomic mass is 15.1. The largest absolute Gasteiger partial charge is 0.314 e. The van der Waals surface area contributed by atoms with Crippen LogP contribution >= 0.6 is 0 Å². The minimum absolute atomic E-state index is 0.866. The van der Waals surface area contributed by atoms with Crippen LogP contribution in [0.25, 0.3) is 0 Å². The zero-order valence-electron chi connectivity index (χ0n) is 9.04. The molecule has 2 fully saturated rings. The van der Waals surface area contributed by atoms with Gasteiger partial charge in [-0.3, -0.25) is 4.90 Å². The van der Waals surface area contributed by atoms with E-state index < -0.39 is 0 Å². The number of piperidine rings is 1. The first-order valence-electron chi connectivity index (χ1n) is 5.95. The molecule has 2 heteroatoms. The summed E-state index contributed by atoms with van der Waals surface area (Å²) < 4.78 is 0. The van der Waals surface area contributed by atoms with Crippen LogP contribution in [0.2, 0.25) is 0 Å². The van der Waals surface area contributed by atoms with E-state index in [1.165, 1.54) is 45.3 Å². The molecule has 1 N–H and O–H groups in total. The topological polar surface area (TPSA) is 15.3 Å². The fourth-order valence-electron chi connectivity index (χ4n) is 2.29. The molecule has 2 aliphatic rings. The van der Waals surface area contributed by atoms with Crippen LogP contribution in [0.15, 0.2) is 12.7 Å². The van der Waals surface area contributed by atoms with Crippen molar-refractivity contribution in [3.8, 4) is 0 Å². The second kappa shape index (κ2) is 4.94. The number of rotatable bonds is 5. The molecule has 80 valence electrons. The van der Waals surface area contributed by atoms with Crippen molar-refractivity contribution in [3.63, 3.8) is 0 Å². The normalized spacial score (nSPS) is 29.0. The summed E-state index contributed by atoms with van der Waals surface area (Å²) in [6.45, 7) is 8.65. The highest BCUT2D eigenvalue weighted by molar-refractivity contribution is 4.84. The molecule has 1 saturated heterocycles. The van der Waals surface area contributed by atoms with E-state index >= 15 is 0 Å². The first-order chi connectivity index (χ1) is 6.88. The first kappa shape index (κ1) is 10.2. The van der Waals surface area contributed by atoms with Gasteiger partial charge in [-0.1, -0.05) is 6.08 Å². The van der Waals surface area contributed by atoms with Crippen LogP contribution in [0.4, 0.5) is 0 Å². The van der Waals surface area contributed by atoms with E-state index in [4.69, 9.17) is 0 Å². The van der Waals surface area contributed by atoms with Gasteiger partial charge in [-0.2, -0.15) is 0 Å².